The van der Waals surface area contributed by atoms with Crippen molar-refractivity contribution >= 4 is 15.9 Å². The van der Waals surface area contributed by atoms with E-state index >= 15 is 0 Å². The molecule has 88 valence electrons. The van der Waals surface area contributed by atoms with Gasteiger partial charge in [-0.05, 0) is 56.5 Å². The van der Waals surface area contributed by atoms with Crippen LogP contribution in [-0.2, 0) is 5.67 Å². The van der Waals surface area contributed by atoms with E-state index < -0.39 is 5.67 Å². The summed E-state index contributed by atoms with van der Waals surface area (Å²) in [5, 5.41) is 3.28. The zero-order valence-electron chi connectivity index (χ0n) is 9.47. The first-order valence-electron chi connectivity index (χ1n) is 5.73. The van der Waals surface area contributed by atoms with E-state index in [9.17, 15) is 4.39 Å². The average Bonchev–Trinajstić information content (AvgIpc) is 2.70. The third-order valence-electron chi connectivity index (χ3n) is 3.26. The first-order valence-corrected chi connectivity index (χ1v) is 6.53. The van der Waals surface area contributed by atoms with Crippen molar-refractivity contribution in [2.24, 2.45) is 5.92 Å². The summed E-state index contributed by atoms with van der Waals surface area (Å²) in [6.45, 7) is 3.67. The van der Waals surface area contributed by atoms with E-state index in [4.69, 9.17) is 0 Å². The average molecular weight is 286 g/mol. The van der Waals surface area contributed by atoms with Crippen molar-refractivity contribution in [2.45, 2.75) is 25.4 Å². The summed E-state index contributed by atoms with van der Waals surface area (Å²) in [5.41, 5.74) is -0.450. The van der Waals surface area contributed by atoms with Crippen molar-refractivity contribution in [3.05, 3.63) is 34.3 Å². The van der Waals surface area contributed by atoms with E-state index in [1.807, 2.05) is 24.3 Å². The molecule has 0 aromatic heterocycles. The summed E-state index contributed by atoms with van der Waals surface area (Å²) < 4.78 is 15.5. The molecule has 2 unspecified atom stereocenters. The minimum Gasteiger partial charge on any atom is -0.316 e. The number of hydrogen-bond donors (Lipinski definition) is 1. The van der Waals surface area contributed by atoms with Crippen molar-refractivity contribution in [1.82, 2.24) is 5.32 Å². The minimum atomic E-state index is -1.22. The number of halogens is 2. The highest BCUT2D eigenvalue weighted by molar-refractivity contribution is 9.10. The van der Waals surface area contributed by atoms with Gasteiger partial charge in [0.2, 0.25) is 0 Å². The molecule has 16 heavy (non-hydrogen) atoms. The number of rotatable bonds is 3. The molecule has 1 aliphatic heterocycles. The molecule has 1 nitrogen and oxygen atoms in total. The van der Waals surface area contributed by atoms with Crippen LogP contribution in [0.25, 0.3) is 0 Å². The molecular weight excluding hydrogens is 269 g/mol. The molecule has 1 aliphatic rings. The molecular formula is C13H17BrFN. The quantitative estimate of drug-likeness (QED) is 0.894. The second kappa shape index (κ2) is 4.84. The predicted molar refractivity (Wildman–Crippen MR) is 68.2 cm³/mol. The highest BCUT2D eigenvalue weighted by Gasteiger charge is 2.31. The Bertz CT molecular complexity index is 359. The summed E-state index contributed by atoms with van der Waals surface area (Å²) in [7, 11) is 0. The Labute approximate surface area is 105 Å². The lowest BCUT2D eigenvalue weighted by Crippen LogP contribution is -2.21. The molecule has 0 radical (unpaired) electrons. The Morgan fingerprint density at radius 2 is 2.38 bits per heavy atom. The zero-order valence-corrected chi connectivity index (χ0v) is 11.1. The molecule has 2 atom stereocenters. The van der Waals surface area contributed by atoms with Gasteiger partial charge in [-0.3, -0.25) is 0 Å². The van der Waals surface area contributed by atoms with Gasteiger partial charge < -0.3 is 5.32 Å². The number of alkyl halides is 1. The second-order valence-electron chi connectivity index (χ2n) is 4.77. The maximum Gasteiger partial charge on any atom is 0.133 e. The van der Waals surface area contributed by atoms with Crippen LogP contribution in [0.4, 0.5) is 4.39 Å². The molecule has 0 bridgehead atoms. The lowest BCUT2D eigenvalue weighted by Gasteiger charge is -2.24. The van der Waals surface area contributed by atoms with Crippen LogP contribution in [0.15, 0.2) is 28.7 Å². The van der Waals surface area contributed by atoms with Gasteiger partial charge in [-0.1, -0.05) is 28.1 Å². The van der Waals surface area contributed by atoms with Crippen LogP contribution in [0.1, 0.15) is 25.3 Å². The van der Waals surface area contributed by atoms with Crippen LogP contribution in [-0.4, -0.2) is 13.1 Å². The van der Waals surface area contributed by atoms with Gasteiger partial charge in [0.1, 0.15) is 5.67 Å². The van der Waals surface area contributed by atoms with E-state index in [-0.39, 0.29) is 0 Å². The van der Waals surface area contributed by atoms with Gasteiger partial charge >= 0.3 is 0 Å². The minimum absolute atomic E-state index is 0.467. The topological polar surface area (TPSA) is 12.0 Å². The fraction of sp³-hybridized carbons (Fsp3) is 0.538. The summed E-state index contributed by atoms with van der Waals surface area (Å²) >= 11 is 3.39. The first kappa shape index (κ1) is 12.1. The molecule has 1 N–H and O–H groups in total. The smallest absolute Gasteiger partial charge is 0.133 e. The molecule has 1 aromatic rings. The Morgan fingerprint density at radius 3 is 3.00 bits per heavy atom. The molecule has 1 fully saturated rings. The maximum absolute atomic E-state index is 14.6. The first-order chi connectivity index (χ1) is 7.58. The van der Waals surface area contributed by atoms with Gasteiger partial charge in [0.05, 0.1) is 0 Å². The number of benzene rings is 1. The molecule has 3 heteroatoms. The van der Waals surface area contributed by atoms with E-state index in [2.05, 4.69) is 21.2 Å². The molecule has 1 heterocycles. The highest BCUT2D eigenvalue weighted by atomic mass is 79.9. The summed E-state index contributed by atoms with van der Waals surface area (Å²) in [4.78, 5) is 0. The summed E-state index contributed by atoms with van der Waals surface area (Å²) in [5.74, 6) is 0.467. The Hall–Kier alpha value is -0.410. The van der Waals surface area contributed by atoms with E-state index in [0.29, 0.717) is 12.3 Å². The molecule has 1 aromatic carbocycles. The van der Waals surface area contributed by atoms with Crippen LogP contribution in [0.5, 0.6) is 0 Å². The zero-order chi connectivity index (χ0) is 11.6. The largest absolute Gasteiger partial charge is 0.316 e. The fourth-order valence-electron chi connectivity index (χ4n) is 2.36. The van der Waals surface area contributed by atoms with Gasteiger partial charge in [-0.2, -0.15) is 0 Å². The van der Waals surface area contributed by atoms with Crippen molar-refractivity contribution in [3.63, 3.8) is 0 Å². The molecule has 0 aliphatic carbocycles. The molecule has 2 rings (SSSR count). The van der Waals surface area contributed by atoms with E-state index in [1.165, 1.54) is 0 Å². The maximum atomic E-state index is 14.6. The van der Waals surface area contributed by atoms with Crippen molar-refractivity contribution in [3.8, 4) is 0 Å². The Morgan fingerprint density at radius 1 is 1.56 bits per heavy atom. The van der Waals surface area contributed by atoms with Crippen LogP contribution in [0.3, 0.4) is 0 Å². The lowest BCUT2D eigenvalue weighted by atomic mass is 9.87. The Kier molecular flexibility index (Phi) is 3.65. The second-order valence-corrected chi connectivity index (χ2v) is 5.69. The van der Waals surface area contributed by atoms with Gasteiger partial charge in [-0.15, -0.1) is 0 Å². The Balaban J connectivity index is 2.10. The third-order valence-corrected chi connectivity index (χ3v) is 3.75. The van der Waals surface area contributed by atoms with Gasteiger partial charge in [-0.25, -0.2) is 4.39 Å². The highest BCUT2D eigenvalue weighted by Crippen LogP contribution is 2.35. The van der Waals surface area contributed by atoms with Crippen molar-refractivity contribution in [2.75, 3.05) is 13.1 Å². The summed E-state index contributed by atoms with van der Waals surface area (Å²) in [6.07, 6.45) is 1.70. The number of hydrogen-bond acceptors (Lipinski definition) is 1. The number of nitrogens with one attached hydrogen (secondary N) is 1. The summed E-state index contributed by atoms with van der Waals surface area (Å²) in [6, 6.07) is 7.57. The lowest BCUT2D eigenvalue weighted by molar-refractivity contribution is 0.150. The SMILES string of the molecule is CC(F)(CC1CCNC1)c1cccc(Br)c1. The predicted octanol–water partition coefficient (Wildman–Crippen LogP) is 3.63. The van der Waals surface area contributed by atoms with E-state index in [0.717, 1.165) is 29.5 Å². The van der Waals surface area contributed by atoms with Crippen molar-refractivity contribution in [1.29, 1.82) is 0 Å². The van der Waals surface area contributed by atoms with Crippen LogP contribution in [0, 0.1) is 5.92 Å². The van der Waals surface area contributed by atoms with Crippen LogP contribution in [0.2, 0.25) is 0 Å². The van der Waals surface area contributed by atoms with Gasteiger partial charge in [0.25, 0.3) is 0 Å². The fourth-order valence-corrected chi connectivity index (χ4v) is 2.76. The van der Waals surface area contributed by atoms with Crippen molar-refractivity contribution < 1.29 is 4.39 Å². The normalized spacial score (nSPS) is 24.3. The molecule has 1 saturated heterocycles. The molecule has 0 amide bonds. The third kappa shape index (κ3) is 2.83. The van der Waals surface area contributed by atoms with E-state index in [1.54, 1.807) is 6.92 Å². The monoisotopic (exact) mass is 285 g/mol. The van der Waals surface area contributed by atoms with Gasteiger partial charge in [0, 0.05) is 4.47 Å². The molecule has 0 spiro atoms. The standard InChI is InChI=1S/C13H17BrFN/c1-13(15,8-10-5-6-16-9-10)11-3-2-4-12(14)7-11/h2-4,7,10,16H,5-6,8-9H2,1H3. The molecule has 0 saturated carbocycles. The van der Waals surface area contributed by atoms with Gasteiger partial charge in [0.15, 0.2) is 0 Å². The van der Waals surface area contributed by atoms with Crippen LogP contribution >= 0.6 is 15.9 Å². The van der Waals surface area contributed by atoms with Crippen LogP contribution < -0.4 is 5.32 Å².